The van der Waals surface area contributed by atoms with Gasteiger partial charge in [-0.15, -0.1) is 0 Å². The molecule has 0 aliphatic heterocycles. The second-order valence-electron chi connectivity index (χ2n) is 9.03. The Labute approximate surface area is 208 Å². The van der Waals surface area contributed by atoms with Crippen LogP contribution in [0.25, 0.3) is 10.9 Å². The van der Waals surface area contributed by atoms with Crippen molar-refractivity contribution < 1.29 is 23.5 Å². The van der Waals surface area contributed by atoms with E-state index >= 15 is 0 Å². The lowest BCUT2D eigenvalue weighted by molar-refractivity contribution is 0.0946. The van der Waals surface area contributed by atoms with Gasteiger partial charge in [0, 0.05) is 40.3 Å². The van der Waals surface area contributed by atoms with Crippen LogP contribution in [0.15, 0.2) is 66.9 Å². The van der Waals surface area contributed by atoms with Crippen LogP contribution in [0.3, 0.4) is 0 Å². The Hall–Kier alpha value is -4.33. The van der Waals surface area contributed by atoms with Crippen molar-refractivity contribution in [1.82, 2.24) is 10.3 Å². The lowest BCUT2D eigenvalue weighted by Gasteiger charge is -2.26. The summed E-state index contributed by atoms with van der Waals surface area (Å²) in [7, 11) is 3.05. The van der Waals surface area contributed by atoms with Crippen LogP contribution in [0, 0.1) is 5.82 Å². The van der Waals surface area contributed by atoms with E-state index in [0.717, 1.165) is 5.56 Å². The first kappa shape index (κ1) is 24.8. The van der Waals surface area contributed by atoms with Gasteiger partial charge in [-0.2, -0.15) is 0 Å². The molecular formula is C28H28FN3O4. The molecule has 8 heteroatoms. The number of amides is 2. The van der Waals surface area contributed by atoms with E-state index < -0.39 is 11.2 Å². The van der Waals surface area contributed by atoms with Crippen molar-refractivity contribution >= 4 is 28.4 Å². The fourth-order valence-corrected chi connectivity index (χ4v) is 4.00. The molecule has 0 aliphatic carbocycles. The average Bonchev–Trinajstić information content (AvgIpc) is 3.33. The maximum Gasteiger partial charge on any atom is 0.255 e. The molecule has 2 amide bonds. The third kappa shape index (κ3) is 5.02. The number of halogens is 1. The number of aromatic nitrogens is 1. The predicted molar refractivity (Wildman–Crippen MR) is 138 cm³/mol. The summed E-state index contributed by atoms with van der Waals surface area (Å²) in [5.74, 6) is -0.0504. The number of carbonyl (C=O) groups excluding carboxylic acids is 2. The molecule has 0 atom stereocenters. The Kier molecular flexibility index (Phi) is 6.96. The van der Waals surface area contributed by atoms with Crippen LogP contribution >= 0.6 is 0 Å². The summed E-state index contributed by atoms with van der Waals surface area (Å²) in [5.41, 5.74) is 2.47. The standard InChI is InChI=1S/C28H28FN3O4/c1-28(2,16-31-27(34)20-15-30-22-7-5-6-21(29)25(20)22)18-9-11-19(12-10-18)32-26(33)17-8-13-23(35-3)24(14-17)36-4/h5-15,30H,16H2,1-4H3,(H,31,34)(H,32,33). The highest BCUT2D eigenvalue weighted by molar-refractivity contribution is 6.07. The SMILES string of the molecule is COc1ccc(C(=O)Nc2ccc(C(C)(C)CNC(=O)c3c[nH]c4cccc(F)c34)cc2)cc1OC. The van der Waals surface area contributed by atoms with Crippen LogP contribution in [-0.2, 0) is 5.41 Å². The van der Waals surface area contributed by atoms with E-state index in [1.165, 1.54) is 26.5 Å². The van der Waals surface area contributed by atoms with Gasteiger partial charge in [0.05, 0.1) is 19.8 Å². The van der Waals surface area contributed by atoms with Gasteiger partial charge in [-0.25, -0.2) is 4.39 Å². The summed E-state index contributed by atoms with van der Waals surface area (Å²) in [4.78, 5) is 28.4. The summed E-state index contributed by atoms with van der Waals surface area (Å²) in [6.07, 6.45) is 1.52. The number of rotatable bonds is 8. The summed E-state index contributed by atoms with van der Waals surface area (Å²) >= 11 is 0. The predicted octanol–water partition coefficient (Wildman–Crippen LogP) is 5.28. The molecule has 0 fully saturated rings. The molecule has 0 radical (unpaired) electrons. The van der Waals surface area contributed by atoms with Crippen LogP contribution in [0.4, 0.5) is 10.1 Å². The first-order valence-corrected chi connectivity index (χ1v) is 11.4. The zero-order chi connectivity index (χ0) is 25.9. The Morgan fingerprint density at radius 2 is 1.67 bits per heavy atom. The van der Waals surface area contributed by atoms with Crippen molar-refractivity contribution in [1.29, 1.82) is 0 Å². The summed E-state index contributed by atoms with van der Waals surface area (Å²) in [6.45, 7) is 4.34. The molecule has 0 saturated heterocycles. The zero-order valence-electron chi connectivity index (χ0n) is 20.6. The van der Waals surface area contributed by atoms with Gasteiger partial charge in [0.25, 0.3) is 11.8 Å². The maximum atomic E-state index is 14.2. The van der Waals surface area contributed by atoms with Crippen molar-refractivity contribution in [2.24, 2.45) is 0 Å². The highest BCUT2D eigenvalue weighted by Crippen LogP contribution is 2.29. The molecule has 4 aromatic rings. The number of methoxy groups -OCH3 is 2. The van der Waals surface area contributed by atoms with Crippen molar-refractivity contribution in [2.45, 2.75) is 19.3 Å². The molecular weight excluding hydrogens is 461 g/mol. The number of ether oxygens (including phenoxy) is 2. The van der Waals surface area contributed by atoms with Crippen molar-refractivity contribution in [3.63, 3.8) is 0 Å². The zero-order valence-corrected chi connectivity index (χ0v) is 20.6. The Balaban J connectivity index is 1.41. The number of H-pyrrole nitrogens is 1. The molecule has 3 N–H and O–H groups in total. The first-order chi connectivity index (χ1) is 17.2. The van der Waals surface area contributed by atoms with Gasteiger partial charge in [0.15, 0.2) is 11.5 Å². The lowest BCUT2D eigenvalue weighted by atomic mass is 9.84. The molecule has 1 heterocycles. The number of nitrogens with one attached hydrogen (secondary N) is 3. The molecule has 0 saturated carbocycles. The molecule has 0 spiro atoms. The van der Waals surface area contributed by atoms with Gasteiger partial charge in [-0.1, -0.05) is 32.0 Å². The van der Waals surface area contributed by atoms with E-state index in [1.54, 1.807) is 30.3 Å². The fraction of sp³-hybridized carbons (Fsp3) is 0.214. The molecule has 0 bridgehead atoms. The second-order valence-corrected chi connectivity index (χ2v) is 9.03. The van der Waals surface area contributed by atoms with Gasteiger partial charge >= 0.3 is 0 Å². The van der Waals surface area contributed by atoms with E-state index in [4.69, 9.17) is 9.47 Å². The van der Waals surface area contributed by atoms with E-state index in [1.807, 2.05) is 38.1 Å². The molecule has 3 aromatic carbocycles. The van der Waals surface area contributed by atoms with E-state index in [9.17, 15) is 14.0 Å². The molecule has 186 valence electrons. The van der Waals surface area contributed by atoms with Gasteiger partial charge < -0.3 is 25.1 Å². The third-order valence-corrected chi connectivity index (χ3v) is 6.16. The Bertz CT molecular complexity index is 1410. The number of carbonyl (C=O) groups is 2. The van der Waals surface area contributed by atoms with Crippen LogP contribution < -0.4 is 20.1 Å². The fourth-order valence-electron chi connectivity index (χ4n) is 4.00. The monoisotopic (exact) mass is 489 g/mol. The molecule has 1 aromatic heterocycles. The van der Waals surface area contributed by atoms with Gasteiger partial charge in [-0.05, 0) is 48.0 Å². The molecule has 7 nitrogen and oxygen atoms in total. The molecule has 0 unspecified atom stereocenters. The van der Waals surface area contributed by atoms with Gasteiger partial charge in [0.1, 0.15) is 5.82 Å². The van der Waals surface area contributed by atoms with Crippen LogP contribution in [-0.4, -0.2) is 37.6 Å². The van der Waals surface area contributed by atoms with E-state index in [2.05, 4.69) is 15.6 Å². The number of aromatic amines is 1. The molecule has 0 aliphatic rings. The maximum absolute atomic E-state index is 14.2. The minimum atomic E-state index is -0.441. The largest absolute Gasteiger partial charge is 0.493 e. The molecule has 4 rings (SSSR count). The highest BCUT2D eigenvalue weighted by atomic mass is 19.1. The quantitative estimate of drug-likeness (QED) is 0.314. The Morgan fingerprint density at radius 1 is 0.944 bits per heavy atom. The number of hydrogen-bond donors (Lipinski definition) is 3. The van der Waals surface area contributed by atoms with E-state index in [0.29, 0.717) is 34.8 Å². The van der Waals surface area contributed by atoms with Crippen LogP contribution in [0.1, 0.15) is 40.1 Å². The number of fused-ring (bicyclic) bond motifs is 1. The minimum absolute atomic E-state index is 0.270. The van der Waals surface area contributed by atoms with Gasteiger partial charge in [-0.3, -0.25) is 9.59 Å². The lowest BCUT2D eigenvalue weighted by Crippen LogP contribution is -2.36. The second kappa shape index (κ2) is 10.1. The van der Waals surface area contributed by atoms with Crippen LogP contribution in [0.2, 0.25) is 0 Å². The van der Waals surface area contributed by atoms with E-state index in [-0.39, 0.29) is 22.8 Å². The summed E-state index contributed by atoms with van der Waals surface area (Å²) < 4.78 is 24.7. The van der Waals surface area contributed by atoms with Crippen molar-refractivity contribution in [3.05, 3.63) is 89.4 Å². The summed E-state index contributed by atoms with van der Waals surface area (Å²) in [5, 5.41) is 6.07. The van der Waals surface area contributed by atoms with Crippen molar-refractivity contribution in [3.8, 4) is 11.5 Å². The van der Waals surface area contributed by atoms with Crippen LogP contribution in [0.5, 0.6) is 11.5 Å². The van der Waals surface area contributed by atoms with Gasteiger partial charge in [0.2, 0.25) is 0 Å². The average molecular weight is 490 g/mol. The minimum Gasteiger partial charge on any atom is -0.493 e. The summed E-state index contributed by atoms with van der Waals surface area (Å²) in [6, 6.07) is 17.1. The number of anilines is 1. The highest BCUT2D eigenvalue weighted by Gasteiger charge is 2.23. The first-order valence-electron chi connectivity index (χ1n) is 11.4. The van der Waals surface area contributed by atoms with Crippen molar-refractivity contribution in [2.75, 3.05) is 26.1 Å². The number of benzene rings is 3. The smallest absolute Gasteiger partial charge is 0.255 e. The molecule has 36 heavy (non-hydrogen) atoms. The third-order valence-electron chi connectivity index (χ3n) is 6.16. The number of hydrogen-bond acceptors (Lipinski definition) is 4. The Morgan fingerprint density at radius 3 is 2.36 bits per heavy atom. The topological polar surface area (TPSA) is 92.5 Å². The normalized spacial score (nSPS) is 11.2.